The largest absolute Gasteiger partial charge is 0.371 e. The molecular weight excluding hydrogens is 442 g/mol. The van der Waals surface area contributed by atoms with Crippen LogP contribution in [0.25, 0.3) is 10.9 Å². The fourth-order valence-corrected chi connectivity index (χ4v) is 5.04. The monoisotopic (exact) mass is 469 g/mol. The van der Waals surface area contributed by atoms with Crippen LogP contribution in [0, 0.1) is 5.92 Å². The number of nitrogens with one attached hydrogen (secondary N) is 2. The Morgan fingerprint density at radius 3 is 2.57 bits per heavy atom. The average Bonchev–Trinajstić information content (AvgIpc) is 3.52. The molecule has 6 rings (SSSR count). The second-order valence-electron chi connectivity index (χ2n) is 9.20. The Hall–Kier alpha value is -4.14. The fraction of sp³-hybridized carbons (Fsp3) is 0.308. The molecule has 2 aliphatic heterocycles. The zero-order valence-corrected chi connectivity index (χ0v) is 19.4. The Balaban J connectivity index is 1.07. The number of H-pyrrole nitrogens is 1. The van der Waals surface area contributed by atoms with Crippen LogP contribution in [0.5, 0.6) is 0 Å². The molecule has 35 heavy (non-hydrogen) atoms. The number of aromatic amines is 1. The van der Waals surface area contributed by atoms with E-state index in [2.05, 4.69) is 25.3 Å². The zero-order valence-electron chi connectivity index (χ0n) is 19.4. The number of pyridine rings is 1. The molecule has 9 heteroatoms. The Kier molecular flexibility index (Phi) is 5.44. The molecule has 0 atom stereocenters. The van der Waals surface area contributed by atoms with Crippen molar-refractivity contribution in [3.05, 3.63) is 72.3 Å². The first kappa shape index (κ1) is 21.4. The van der Waals surface area contributed by atoms with E-state index < -0.39 is 0 Å². The van der Waals surface area contributed by atoms with Gasteiger partial charge in [-0.05, 0) is 37.1 Å². The van der Waals surface area contributed by atoms with Crippen molar-refractivity contribution in [3.8, 4) is 0 Å². The predicted molar refractivity (Wildman–Crippen MR) is 133 cm³/mol. The molecule has 0 spiro atoms. The molecule has 2 aliphatic rings. The number of carbonyl (C=O) groups is 2. The minimum absolute atomic E-state index is 0.0147. The first-order valence-corrected chi connectivity index (χ1v) is 12.0. The number of rotatable bonds is 4. The molecule has 0 unspecified atom stereocenters. The SMILES string of the molecule is O=C(Nc1cc2n(n1)CCN(C(=O)c1cc3ccccc3[nH]1)C2)C1CCN(c2ccncc2)CC1. The van der Waals surface area contributed by atoms with Gasteiger partial charge in [0.05, 0.1) is 18.8 Å². The Bertz CT molecular complexity index is 1340. The molecule has 3 aromatic heterocycles. The quantitative estimate of drug-likeness (QED) is 0.478. The summed E-state index contributed by atoms with van der Waals surface area (Å²) in [5, 5.41) is 8.60. The third-order valence-corrected chi connectivity index (χ3v) is 6.99. The molecule has 2 amide bonds. The number of carbonyl (C=O) groups excluding carboxylic acids is 2. The van der Waals surface area contributed by atoms with Crippen LogP contribution in [-0.2, 0) is 17.9 Å². The summed E-state index contributed by atoms with van der Waals surface area (Å²) < 4.78 is 1.89. The van der Waals surface area contributed by atoms with Crippen LogP contribution in [0.2, 0.25) is 0 Å². The lowest BCUT2D eigenvalue weighted by molar-refractivity contribution is -0.120. The van der Waals surface area contributed by atoms with Crippen molar-refractivity contribution in [2.24, 2.45) is 5.92 Å². The summed E-state index contributed by atoms with van der Waals surface area (Å²) in [6, 6.07) is 15.7. The molecule has 0 aliphatic carbocycles. The summed E-state index contributed by atoms with van der Waals surface area (Å²) >= 11 is 0. The summed E-state index contributed by atoms with van der Waals surface area (Å²) in [5.74, 6) is 0.509. The number of fused-ring (bicyclic) bond motifs is 2. The Labute approximate surface area is 202 Å². The number of nitrogens with zero attached hydrogens (tertiary/aromatic N) is 5. The third kappa shape index (κ3) is 4.25. The van der Waals surface area contributed by atoms with Crippen LogP contribution in [0.4, 0.5) is 11.5 Å². The molecule has 2 N–H and O–H groups in total. The maximum atomic E-state index is 13.1. The molecule has 0 saturated carbocycles. The van der Waals surface area contributed by atoms with Crippen LogP contribution >= 0.6 is 0 Å². The molecule has 4 aromatic rings. The molecule has 9 nitrogen and oxygen atoms in total. The van der Waals surface area contributed by atoms with Gasteiger partial charge in [-0.3, -0.25) is 19.3 Å². The van der Waals surface area contributed by atoms with Crippen molar-refractivity contribution in [1.82, 2.24) is 24.6 Å². The van der Waals surface area contributed by atoms with Gasteiger partial charge >= 0.3 is 0 Å². The highest BCUT2D eigenvalue weighted by molar-refractivity contribution is 5.98. The second-order valence-corrected chi connectivity index (χ2v) is 9.20. The normalized spacial score (nSPS) is 16.3. The van der Waals surface area contributed by atoms with E-state index in [0.717, 1.165) is 48.2 Å². The number of para-hydroxylation sites is 1. The Morgan fingerprint density at radius 1 is 0.971 bits per heavy atom. The van der Waals surface area contributed by atoms with E-state index in [9.17, 15) is 9.59 Å². The number of hydrogen-bond acceptors (Lipinski definition) is 5. The molecule has 178 valence electrons. The van der Waals surface area contributed by atoms with E-state index in [0.29, 0.717) is 31.1 Å². The van der Waals surface area contributed by atoms with Gasteiger partial charge in [-0.2, -0.15) is 5.10 Å². The van der Waals surface area contributed by atoms with E-state index in [1.807, 2.05) is 58.1 Å². The van der Waals surface area contributed by atoms with Crippen molar-refractivity contribution in [2.45, 2.75) is 25.9 Å². The van der Waals surface area contributed by atoms with Crippen LogP contribution in [0.15, 0.2) is 60.9 Å². The molecule has 0 radical (unpaired) electrons. The number of piperidine rings is 1. The summed E-state index contributed by atoms with van der Waals surface area (Å²) in [6.07, 6.45) is 5.19. The second kappa shape index (κ2) is 8.90. The topological polar surface area (TPSA) is 99.2 Å². The summed E-state index contributed by atoms with van der Waals surface area (Å²) in [5.41, 5.74) is 3.61. The number of hydrogen-bond donors (Lipinski definition) is 2. The van der Waals surface area contributed by atoms with E-state index >= 15 is 0 Å². The van der Waals surface area contributed by atoms with E-state index in [4.69, 9.17) is 0 Å². The summed E-state index contributed by atoms with van der Waals surface area (Å²) in [7, 11) is 0. The molecule has 0 bridgehead atoms. The molecule has 5 heterocycles. The van der Waals surface area contributed by atoms with Gasteiger partial charge in [-0.1, -0.05) is 18.2 Å². The van der Waals surface area contributed by atoms with Crippen LogP contribution in [-0.4, -0.2) is 56.1 Å². The van der Waals surface area contributed by atoms with Crippen molar-refractivity contribution in [3.63, 3.8) is 0 Å². The van der Waals surface area contributed by atoms with Gasteiger partial charge in [0.15, 0.2) is 5.82 Å². The van der Waals surface area contributed by atoms with E-state index in [1.165, 1.54) is 0 Å². The Morgan fingerprint density at radius 2 is 1.77 bits per heavy atom. The maximum absolute atomic E-state index is 13.1. The molecule has 1 fully saturated rings. The van der Waals surface area contributed by atoms with Crippen molar-refractivity contribution in [2.75, 3.05) is 29.9 Å². The predicted octanol–water partition coefficient (Wildman–Crippen LogP) is 3.27. The lowest BCUT2D eigenvalue weighted by Crippen LogP contribution is -2.38. The summed E-state index contributed by atoms with van der Waals surface area (Å²) in [6.45, 7) is 3.31. The van der Waals surface area contributed by atoms with Gasteiger partial charge in [0.1, 0.15) is 5.69 Å². The van der Waals surface area contributed by atoms with Gasteiger partial charge < -0.3 is 20.1 Å². The van der Waals surface area contributed by atoms with Crippen LogP contribution in [0.1, 0.15) is 29.0 Å². The third-order valence-electron chi connectivity index (χ3n) is 6.99. The smallest absolute Gasteiger partial charge is 0.270 e. The van der Waals surface area contributed by atoms with Gasteiger partial charge in [-0.25, -0.2) is 0 Å². The first-order chi connectivity index (χ1) is 17.1. The summed E-state index contributed by atoms with van der Waals surface area (Å²) in [4.78, 5) is 37.4. The highest BCUT2D eigenvalue weighted by Crippen LogP contribution is 2.25. The number of anilines is 2. The minimum Gasteiger partial charge on any atom is -0.371 e. The maximum Gasteiger partial charge on any atom is 0.270 e. The van der Waals surface area contributed by atoms with Crippen molar-refractivity contribution >= 4 is 34.2 Å². The highest BCUT2D eigenvalue weighted by Gasteiger charge is 2.28. The molecule has 1 saturated heterocycles. The number of aromatic nitrogens is 4. The lowest BCUT2D eigenvalue weighted by atomic mass is 9.95. The lowest BCUT2D eigenvalue weighted by Gasteiger charge is -2.32. The van der Waals surface area contributed by atoms with Crippen LogP contribution in [0.3, 0.4) is 0 Å². The molecule has 1 aromatic carbocycles. The number of amides is 2. The molecular formula is C26H27N7O2. The van der Waals surface area contributed by atoms with Gasteiger partial charge in [0, 0.05) is 60.6 Å². The highest BCUT2D eigenvalue weighted by atomic mass is 16.2. The zero-order chi connectivity index (χ0) is 23.8. The van der Waals surface area contributed by atoms with E-state index in [1.54, 1.807) is 12.4 Å². The van der Waals surface area contributed by atoms with E-state index in [-0.39, 0.29) is 17.7 Å². The van der Waals surface area contributed by atoms with Crippen molar-refractivity contribution < 1.29 is 9.59 Å². The van der Waals surface area contributed by atoms with Gasteiger partial charge in [0.2, 0.25) is 5.91 Å². The minimum atomic E-state index is -0.0353. The fourth-order valence-electron chi connectivity index (χ4n) is 5.04. The number of benzene rings is 1. The average molecular weight is 470 g/mol. The van der Waals surface area contributed by atoms with Gasteiger partial charge in [-0.15, -0.1) is 0 Å². The first-order valence-electron chi connectivity index (χ1n) is 12.0. The van der Waals surface area contributed by atoms with Gasteiger partial charge in [0.25, 0.3) is 5.91 Å². The van der Waals surface area contributed by atoms with Crippen LogP contribution < -0.4 is 10.2 Å². The van der Waals surface area contributed by atoms with Crippen molar-refractivity contribution in [1.29, 1.82) is 0 Å². The standard InChI is InChI=1S/C26H27N7O2/c34-25(18-7-11-31(12-8-18)20-5-9-27-10-6-20)29-24-16-21-17-32(13-14-33(21)30-24)26(35)23-15-19-3-1-2-4-22(19)28-23/h1-6,9-10,15-16,18,28H,7-8,11-14,17H2,(H,29,30,34).